The fourth-order valence-corrected chi connectivity index (χ4v) is 4.56. The average Bonchev–Trinajstić information content (AvgIpc) is 3.31. The van der Waals surface area contributed by atoms with E-state index in [9.17, 15) is 19.8 Å². The molecule has 0 saturated carbocycles. The molecule has 8 heteroatoms. The standard InChI is InChI=1S/C22H29N3O4S/c1-13(2)8-20(28)25-10-17(27)9-19(25)22(29)24-18(11-26)15-4-6-16(7-5-15)21-14(3)23-12-30-21/h4-7,12-13,17-19,26-27H,8-11H2,1-3H3,(H,24,29)/t17-,18+,19+/m1/s1. The second-order valence-corrected chi connectivity index (χ2v) is 9.04. The number of β-amino-alcohol motifs (C(OH)–C–C–N with tert-alkyl or cyclic N) is 1. The van der Waals surface area contributed by atoms with Gasteiger partial charge in [-0.25, -0.2) is 4.98 Å². The third kappa shape index (κ3) is 5.06. The molecule has 1 saturated heterocycles. The predicted molar refractivity (Wildman–Crippen MR) is 116 cm³/mol. The number of nitrogens with one attached hydrogen (secondary N) is 1. The molecule has 0 radical (unpaired) electrons. The highest BCUT2D eigenvalue weighted by Crippen LogP contribution is 2.28. The number of aromatic nitrogens is 1. The minimum Gasteiger partial charge on any atom is -0.394 e. The van der Waals surface area contributed by atoms with Crippen molar-refractivity contribution in [1.29, 1.82) is 0 Å². The molecule has 0 bridgehead atoms. The first-order valence-corrected chi connectivity index (χ1v) is 11.1. The monoisotopic (exact) mass is 431 g/mol. The number of thiazole rings is 1. The number of aryl methyl sites for hydroxylation is 1. The van der Waals surface area contributed by atoms with Crippen molar-refractivity contribution in [3.05, 3.63) is 41.0 Å². The average molecular weight is 432 g/mol. The maximum Gasteiger partial charge on any atom is 0.243 e. The first kappa shape index (κ1) is 22.4. The summed E-state index contributed by atoms with van der Waals surface area (Å²) in [5.74, 6) is -0.318. The van der Waals surface area contributed by atoms with Crippen LogP contribution in [0.25, 0.3) is 10.4 Å². The number of carbonyl (C=O) groups excluding carboxylic acids is 2. The fraction of sp³-hybridized carbons (Fsp3) is 0.500. The van der Waals surface area contributed by atoms with Crippen LogP contribution in [-0.2, 0) is 9.59 Å². The van der Waals surface area contributed by atoms with E-state index in [2.05, 4.69) is 10.3 Å². The van der Waals surface area contributed by atoms with Gasteiger partial charge in [0.1, 0.15) is 6.04 Å². The fourth-order valence-electron chi connectivity index (χ4n) is 3.75. The molecule has 3 N–H and O–H groups in total. The summed E-state index contributed by atoms with van der Waals surface area (Å²) in [6.07, 6.45) is -0.179. The number of aliphatic hydroxyl groups excluding tert-OH is 2. The third-order valence-corrected chi connectivity index (χ3v) is 6.28. The quantitative estimate of drug-likeness (QED) is 0.624. The second kappa shape index (κ2) is 9.68. The Kier molecular flexibility index (Phi) is 7.23. The van der Waals surface area contributed by atoms with E-state index in [0.717, 1.165) is 21.7 Å². The number of carbonyl (C=O) groups is 2. The SMILES string of the molecule is Cc1ncsc1-c1ccc([C@H](CO)NC(=O)[C@@H]2C[C@@H](O)CN2C(=O)CC(C)C)cc1. The van der Waals surface area contributed by atoms with Crippen LogP contribution in [0, 0.1) is 12.8 Å². The summed E-state index contributed by atoms with van der Waals surface area (Å²) in [5.41, 5.74) is 4.57. The predicted octanol–water partition coefficient (Wildman–Crippen LogP) is 2.28. The van der Waals surface area contributed by atoms with Crippen molar-refractivity contribution in [1.82, 2.24) is 15.2 Å². The van der Waals surface area contributed by atoms with Gasteiger partial charge in [0, 0.05) is 19.4 Å². The van der Waals surface area contributed by atoms with Crippen LogP contribution in [0.5, 0.6) is 0 Å². The summed E-state index contributed by atoms with van der Waals surface area (Å²) in [6.45, 7) is 5.74. The highest BCUT2D eigenvalue weighted by molar-refractivity contribution is 7.13. The van der Waals surface area contributed by atoms with Crippen molar-refractivity contribution < 1.29 is 19.8 Å². The molecule has 0 aliphatic carbocycles. The number of amides is 2. The third-order valence-electron chi connectivity index (χ3n) is 5.30. The molecule has 2 heterocycles. The van der Waals surface area contributed by atoms with Crippen LogP contribution in [0.3, 0.4) is 0 Å². The summed E-state index contributed by atoms with van der Waals surface area (Å²) in [6, 6.07) is 6.33. The van der Waals surface area contributed by atoms with Crippen molar-refractivity contribution in [2.75, 3.05) is 13.2 Å². The van der Waals surface area contributed by atoms with Crippen LogP contribution in [0.4, 0.5) is 0 Å². The van der Waals surface area contributed by atoms with Crippen molar-refractivity contribution in [3.63, 3.8) is 0 Å². The smallest absolute Gasteiger partial charge is 0.243 e. The summed E-state index contributed by atoms with van der Waals surface area (Å²) in [4.78, 5) is 32.2. The van der Waals surface area contributed by atoms with Crippen molar-refractivity contribution >= 4 is 23.2 Å². The molecular weight excluding hydrogens is 402 g/mol. The van der Waals surface area contributed by atoms with Crippen molar-refractivity contribution in [2.24, 2.45) is 5.92 Å². The molecule has 2 amide bonds. The van der Waals surface area contributed by atoms with Gasteiger partial charge in [0.15, 0.2) is 0 Å². The van der Waals surface area contributed by atoms with E-state index in [1.165, 1.54) is 4.90 Å². The Balaban J connectivity index is 1.70. The minimum atomic E-state index is -0.723. The van der Waals surface area contributed by atoms with Crippen LogP contribution in [-0.4, -0.2) is 57.2 Å². The molecular formula is C22H29N3O4S. The summed E-state index contributed by atoms with van der Waals surface area (Å²) >= 11 is 1.57. The number of aliphatic hydroxyl groups is 2. The largest absolute Gasteiger partial charge is 0.394 e. The van der Waals surface area contributed by atoms with Crippen LogP contribution in [0.1, 0.15) is 44.0 Å². The molecule has 3 rings (SSSR count). The van der Waals surface area contributed by atoms with Crippen molar-refractivity contribution in [2.45, 2.75) is 51.8 Å². The molecule has 2 aromatic rings. The lowest BCUT2D eigenvalue weighted by Gasteiger charge is -2.26. The van der Waals surface area contributed by atoms with Gasteiger partial charge in [-0.2, -0.15) is 0 Å². The van der Waals surface area contributed by atoms with Gasteiger partial charge in [-0.1, -0.05) is 38.1 Å². The lowest BCUT2D eigenvalue weighted by Crippen LogP contribution is -2.47. The summed E-state index contributed by atoms with van der Waals surface area (Å²) in [5, 5.41) is 22.7. The Morgan fingerprint density at radius 1 is 1.30 bits per heavy atom. The Labute approximate surface area is 180 Å². The topological polar surface area (TPSA) is 103 Å². The number of benzene rings is 1. The van der Waals surface area contributed by atoms with Gasteiger partial charge in [0.25, 0.3) is 0 Å². The molecule has 1 aliphatic heterocycles. The van der Waals surface area contributed by atoms with Crippen LogP contribution in [0.15, 0.2) is 29.8 Å². The minimum absolute atomic E-state index is 0.133. The summed E-state index contributed by atoms with van der Waals surface area (Å²) in [7, 11) is 0. The number of likely N-dealkylation sites (tertiary alicyclic amines) is 1. The molecule has 0 unspecified atom stereocenters. The van der Waals surface area contributed by atoms with E-state index in [-0.39, 0.29) is 37.3 Å². The Bertz CT molecular complexity index is 881. The Morgan fingerprint density at radius 3 is 2.57 bits per heavy atom. The molecule has 3 atom stereocenters. The van der Waals surface area contributed by atoms with E-state index in [0.29, 0.717) is 6.42 Å². The number of nitrogens with zero attached hydrogens (tertiary/aromatic N) is 2. The van der Waals surface area contributed by atoms with Crippen LogP contribution in [0.2, 0.25) is 0 Å². The zero-order valence-corrected chi connectivity index (χ0v) is 18.4. The molecule has 1 aromatic carbocycles. The molecule has 30 heavy (non-hydrogen) atoms. The zero-order chi connectivity index (χ0) is 21.8. The van der Waals surface area contributed by atoms with Gasteiger partial charge >= 0.3 is 0 Å². The van der Waals surface area contributed by atoms with E-state index in [1.54, 1.807) is 16.8 Å². The first-order chi connectivity index (χ1) is 14.3. The number of hydrogen-bond acceptors (Lipinski definition) is 6. The lowest BCUT2D eigenvalue weighted by atomic mass is 10.0. The van der Waals surface area contributed by atoms with Crippen molar-refractivity contribution in [3.8, 4) is 10.4 Å². The molecule has 7 nitrogen and oxygen atoms in total. The Hall–Kier alpha value is -2.29. The highest BCUT2D eigenvalue weighted by Gasteiger charge is 2.39. The van der Waals surface area contributed by atoms with Gasteiger partial charge < -0.3 is 20.4 Å². The Morgan fingerprint density at radius 2 is 2.00 bits per heavy atom. The van der Waals surface area contributed by atoms with E-state index in [1.807, 2.05) is 45.0 Å². The molecule has 0 spiro atoms. The van der Waals surface area contributed by atoms with Crippen LogP contribution < -0.4 is 5.32 Å². The lowest BCUT2D eigenvalue weighted by molar-refractivity contribution is -0.139. The molecule has 1 aliphatic rings. The van der Waals surface area contributed by atoms with E-state index < -0.39 is 18.2 Å². The highest BCUT2D eigenvalue weighted by atomic mass is 32.1. The van der Waals surface area contributed by atoms with E-state index in [4.69, 9.17) is 0 Å². The normalized spacial score (nSPS) is 19.9. The van der Waals surface area contributed by atoms with Gasteiger partial charge in [-0.3, -0.25) is 9.59 Å². The number of rotatable bonds is 7. The maximum absolute atomic E-state index is 12.9. The molecule has 1 fully saturated rings. The summed E-state index contributed by atoms with van der Waals surface area (Å²) < 4.78 is 0. The van der Waals surface area contributed by atoms with Gasteiger partial charge in [0.2, 0.25) is 11.8 Å². The molecule has 162 valence electrons. The van der Waals surface area contributed by atoms with Crippen LogP contribution >= 0.6 is 11.3 Å². The molecule has 1 aromatic heterocycles. The first-order valence-electron chi connectivity index (χ1n) is 10.2. The zero-order valence-electron chi connectivity index (χ0n) is 17.5. The van der Waals surface area contributed by atoms with E-state index >= 15 is 0 Å². The number of hydrogen-bond donors (Lipinski definition) is 3. The van der Waals surface area contributed by atoms with Gasteiger partial charge in [-0.15, -0.1) is 11.3 Å². The maximum atomic E-state index is 12.9. The second-order valence-electron chi connectivity index (χ2n) is 8.18. The van der Waals surface area contributed by atoms with Gasteiger partial charge in [0.05, 0.1) is 34.8 Å². The van der Waals surface area contributed by atoms with Gasteiger partial charge in [-0.05, 0) is 24.0 Å².